The van der Waals surface area contributed by atoms with E-state index >= 15 is 0 Å². The molecule has 0 saturated carbocycles. The summed E-state index contributed by atoms with van der Waals surface area (Å²) in [6, 6.07) is 8.51. The zero-order valence-corrected chi connectivity index (χ0v) is 20.9. The van der Waals surface area contributed by atoms with Gasteiger partial charge in [0.05, 0.1) is 6.10 Å². The summed E-state index contributed by atoms with van der Waals surface area (Å²) < 4.78 is 13.2. The van der Waals surface area contributed by atoms with Gasteiger partial charge in [0.2, 0.25) is 8.32 Å². The van der Waals surface area contributed by atoms with Crippen LogP contribution in [0.15, 0.2) is 24.3 Å². The predicted molar refractivity (Wildman–Crippen MR) is 119 cm³/mol. The van der Waals surface area contributed by atoms with Gasteiger partial charge in [-0.05, 0) is 61.0 Å². The third-order valence-electron chi connectivity index (χ3n) is 6.04. The molecular formula is C21H41NO2Si2. The molecule has 0 amide bonds. The van der Waals surface area contributed by atoms with E-state index in [4.69, 9.17) is 8.85 Å². The lowest BCUT2D eigenvalue weighted by Gasteiger charge is -2.40. The standard InChI is InChI=1S/C21H41NO2Si2/c1-20(2,3)25(8,9)23-18-14-12-13-17(15-18)19(16-22-7)24-26(10,11)21(4,5)6/h12-15,19,22H,16H2,1-11H3/t19-/m1/s1. The van der Waals surface area contributed by atoms with Crippen LogP contribution < -0.4 is 9.74 Å². The maximum Gasteiger partial charge on any atom is 0.250 e. The molecule has 0 saturated heterocycles. The number of hydrogen-bond donors (Lipinski definition) is 1. The van der Waals surface area contributed by atoms with Crippen LogP contribution in [0.3, 0.4) is 0 Å². The first kappa shape index (κ1) is 23.4. The van der Waals surface area contributed by atoms with Crippen molar-refractivity contribution in [2.24, 2.45) is 0 Å². The van der Waals surface area contributed by atoms with Gasteiger partial charge in [-0.25, -0.2) is 0 Å². The molecule has 0 aliphatic carbocycles. The molecule has 150 valence electrons. The minimum atomic E-state index is -1.85. The van der Waals surface area contributed by atoms with Crippen LogP contribution in [0.4, 0.5) is 0 Å². The van der Waals surface area contributed by atoms with Crippen molar-refractivity contribution in [2.75, 3.05) is 13.6 Å². The largest absolute Gasteiger partial charge is 0.543 e. The Balaban J connectivity index is 3.11. The number of nitrogens with one attached hydrogen (secondary N) is 1. The Morgan fingerprint density at radius 1 is 0.923 bits per heavy atom. The Morgan fingerprint density at radius 2 is 1.46 bits per heavy atom. The topological polar surface area (TPSA) is 30.5 Å². The summed E-state index contributed by atoms with van der Waals surface area (Å²) in [4.78, 5) is 0. The van der Waals surface area contributed by atoms with Crippen molar-refractivity contribution in [3.8, 4) is 5.75 Å². The first-order valence-electron chi connectivity index (χ1n) is 9.72. The molecule has 0 fully saturated rings. The molecule has 1 aromatic carbocycles. The number of benzene rings is 1. The van der Waals surface area contributed by atoms with E-state index in [-0.39, 0.29) is 16.2 Å². The first-order chi connectivity index (χ1) is 11.6. The van der Waals surface area contributed by atoms with Gasteiger partial charge in [-0.3, -0.25) is 0 Å². The molecule has 1 N–H and O–H groups in total. The summed E-state index contributed by atoms with van der Waals surface area (Å²) >= 11 is 0. The molecule has 0 aromatic heterocycles. The average Bonchev–Trinajstić information content (AvgIpc) is 2.44. The maximum atomic E-state index is 6.71. The first-order valence-corrected chi connectivity index (χ1v) is 15.5. The van der Waals surface area contributed by atoms with Crippen molar-refractivity contribution < 1.29 is 8.85 Å². The maximum absolute atomic E-state index is 6.71. The zero-order valence-electron chi connectivity index (χ0n) is 18.9. The Kier molecular flexibility index (Phi) is 7.36. The quantitative estimate of drug-likeness (QED) is 0.545. The summed E-state index contributed by atoms with van der Waals surface area (Å²) in [6.45, 7) is 23.7. The van der Waals surface area contributed by atoms with Crippen molar-refractivity contribution in [1.29, 1.82) is 0 Å². The van der Waals surface area contributed by atoms with Gasteiger partial charge < -0.3 is 14.2 Å². The second-order valence-electron chi connectivity index (χ2n) is 10.4. The van der Waals surface area contributed by atoms with Crippen LogP contribution in [0.1, 0.15) is 53.2 Å². The van der Waals surface area contributed by atoms with E-state index in [1.807, 2.05) is 7.05 Å². The molecule has 0 unspecified atom stereocenters. The fraction of sp³-hybridized carbons (Fsp3) is 0.714. The lowest BCUT2D eigenvalue weighted by Crippen LogP contribution is -2.44. The highest BCUT2D eigenvalue weighted by molar-refractivity contribution is 6.75. The minimum absolute atomic E-state index is 0.0452. The number of rotatable bonds is 7. The van der Waals surface area contributed by atoms with E-state index in [9.17, 15) is 0 Å². The Labute approximate surface area is 164 Å². The van der Waals surface area contributed by atoms with E-state index < -0.39 is 16.6 Å². The fourth-order valence-electron chi connectivity index (χ4n) is 2.17. The van der Waals surface area contributed by atoms with Crippen LogP contribution in [0.25, 0.3) is 0 Å². The molecule has 0 radical (unpaired) electrons. The summed E-state index contributed by atoms with van der Waals surface area (Å²) in [5.74, 6) is 0.967. The molecule has 5 heteroatoms. The van der Waals surface area contributed by atoms with Gasteiger partial charge in [0.15, 0.2) is 8.32 Å². The molecule has 1 rings (SSSR count). The summed E-state index contributed by atoms with van der Waals surface area (Å²) in [7, 11) is -1.72. The van der Waals surface area contributed by atoms with E-state index in [0.29, 0.717) is 0 Å². The van der Waals surface area contributed by atoms with Crippen molar-refractivity contribution in [1.82, 2.24) is 5.32 Å². The van der Waals surface area contributed by atoms with Crippen LogP contribution >= 0.6 is 0 Å². The van der Waals surface area contributed by atoms with E-state index in [2.05, 4.69) is 97.3 Å². The molecule has 0 aliphatic heterocycles. The molecule has 0 spiro atoms. The monoisotopic (exact) mass is 395 g/mol. The Hall–Kier alpha value is -0.626. The molecule has 3 nitrogen and oxygen atoms in total. The van der Waals surface area contributed by atoms with Crippen LogP contribution in [0.2, 0.25) is 36.3 Å². The van der Waals surface area contributed by atoms with Gasteiger partial charge in [-0.2, -0.15) is 0 Å². The van der Waals surface area contributed by atoms with Crippen molar-refractivity contribution in [3.05, 3.63) is 29.8 Å². The van der Waals surface area contributed by atoms with Gasteiger partial charge >= 0.3 is 0 Å². The summed E-state index contributed by atoms with van der Waals surface area (Å²) in [5, 5.41) is 3.67. The van der Waals surface area contributed by atoms with Gasteiger partial charge in [-0.15, -0.1) is 0 Å². The second-order valence-corrected chi connectivity index (χ2v) is 19.8. The fourth-order valence-corrected chi connectivity index (χ4v) is 4.48. The number of likely N-dealkylation sites (N-methyl/N-ethyl adjacent to an activating group) is 1. The highest BCUT2D eigenvalue weighted by Crippen LogP contribution is 2.41. The molecule has 1 aromatic rings. The van der Waals surface area contributed by atoms with Crippen LogP contribution in [-0.2, 0) is 4.43 Å². The minimum Gasteiger partial charge on any atom is -0.543 e. The summed E-state index contributed by atoms with van der Waals surface area (Å²) in [5.41, 5.74) is 1.19. The Bertz CT molecular complexity index is 586. The smallest absolute Gasteiger partial charge is 0.250 e. The molecule has 1 atom stereocenters. The molecule has 0 aliphatic rings. The van der Waals surface area contributed by atoms with Gasteiger partial charge in [0, 0.05) is 6.54 Å². The average molecular weight is 396 g/mol. The predicted octanol–water partition coefficient (Wildman–Crippen LogP) is 6.35. The lowest BCUT2D eigenvalue weighted by molar-refractivity contribution is 0.183. The molecular weight excluding hydrogens is 354 g/mol. The normalized spacial score (nSPS) is 15.0. The third-order valence-corrected chi connectivity index (χ3v) is 14.9. The zero-order chi connectivity index (χ0) is 20.4. The van der Waals surface area contributed by atoms with Crippen molar-refractivity contribution in [2.45, 2.75) is 83.9 Å². The highest BCUT2D eigenvalue weighted by atomic mass is 28.4. The van der Waals surface area contributed by atoms with Crippen LogP contribution in [-0.4, -0.2) is 30.2 Å². The van der Waals surface area contributed by atoms with Crippen LogP contribution in [0, 0.1) is 0 Å². The van der Waals surface area contributed by atoms with Gasteiger partial charge in [0.25, 0.3) is 0 Å². The summed E-state index contributed by atoms with van der Waals surface area (Å²) in [6.07, 6.45) is 0.0452. The Morgan fingerprint density at radius 3 is 1.92 bits per heavy atom. The SMILES string of the molecule is CNC[C@@H](O[Si](C)(C)C(C)(C)C)c1cccc(O[Si](C)(C)C(C)(C)C)c1. The molecule has 26 heavy (non-hydrogen) atoms. The van der Waals surface area contributed by atoms with E-state index in [1.54, 1.807) is 0 Å². The van der Waals surface area contributed by atoms with Crippen molar-refractivity contribution in [3.63, 3.8) is 0 Å². The molecule has 0 bridgehead atoms. The van der Waals surface area contributed by atoms with E-state index in [0.717, 1.165) is 12.3 Å². The second kappa shape index (κ2) is 8.17. The number of hydrogen-bond acceptors (Lipinski definition) is 3. The van der Waals surface area contributed by atoms with Gasteiger partial charge in [-0.1, -0.05) is 53.7 Å². The lowest BCUT2D eigenvalue weighted by atomic mass is 10.1. The third kappa shape index (κ3) is 5.94. The molecule has 0 heterocycles. The van der Waals surface area contributed by atoms with Crippen molar-refractivity contribution >= 4 is 16.6 Å². The van der Waals surface area contributed by atoms with Crippen LogP contribution in [0.5, 0.6) is 5.75 Å². The van der Waals surface area contributed by atoms with E-state index in [1.165, 1.54) is 5.56 Å². The highest BCUT2D eigenvalue weighted by Gasteiger charge is 2.40. The van der Waals surface area contributed by atoms with Gasteiger partial charge in [0.1, 0.15) is 5.75 Å².